The molecule has 3 N–H and O–H groups in total. The van der Waals surface area contributed by atoms with Gasteiger partial charge in [0.2, 0.25) is 0 Å². The largest absolute Gasteiger partial charge is 0.480 e. The number of thiophene rings is 1. The second-order valence-corrected chi connectivity index (χ2v) is 5.10. The summed E-state index contributed by atoms with van der Waals surface area (Å²) in [5.74, 6) is -0.902. The molecule has 0 fully saturated rings. The van der Waals surface area contributed by atoms with E-state index in [1.807, 2.05) is 6.92 Å². The Morgan fingerprint density at radius 3 is 3.07 bits per heavy atom. The minimum Gasteiger partial charge on any atom is -0.480 e. The van der Waals surface area contributed by atoms with E-state index in [-0.39, 0.29) is 0 Å². The van der Waals surface area contributed by atoms with E-state index in [9.17, 15) is 4.79 Å². The summed E-state index contributed by atoms with van der Waals surface area (Å²) in [4.78, 5) is 13.1. The lowest BCUT2D eigenvalue weighted by Crippen LogP contribution is -2.46. The SMILES string of the molecule is Cc1cc2c(s1)C(N)(C(=O)O)CCC2. The molecule has 0 saturated carbocycles. The molecule has 0 aliphatic heterocycles. The smallest absolute Gasteiger partial charge is 0.329 e. The maximum Gasteiger partial charge on any atom is 0.329 e. The van der Waals surface area contributed by atoms with Crippen LogP contribution in [0.2, 0.25) is 0 Å². The quantitative estimate of drug-likeness (QED) is 0.742. The van der Waals surface area contributed by atoms with Gasteiger partial charge in [0, 0.05) is 9.75 Å². The van der Waals surface area contributed by atoms with Gasteiger partial charge in [-0.1, -0.05) is 0 Å². The molecule has 0 radical (unpaired) electrons. The van der Waals surface area contributed by atoms with Gasteiger partial charge in [-0.2, -0.15) is 0 Å². The van der Waals surface area contributed by atoms with E-state index in [4.69, 9.17) is 10.8 Å². The van der Waals surface area contributed by atoms with Crippen molar-refractivity contribution in [1.29, 1.82) is 0 Å². The van der Waals surface area contributed by atoms with E-state index in [1.54, 1.807) is 0 Å². The lowest BCUT2D eigenvalue weighted by molar-refractivity contribution is -0.144. The zero-order valence-corrected chi connectivity index (χ0v) is 8.86. The van der Waals surface area contributed by atoms with Gasteiger partial charge in [0.1, 0.15) is 5.54 Å². The second-order valence-electron chi connectivity index (χ2n) is 3.84. The van der Waals surface area contributed by atoms with Crippen LogP contribution in [-0.4, -0.2) is 11.1 Å². The van der Waals surface area contributed by atoms with Crippen molar-refractivity contribution in [3.05, 3.63) is 21.4 Å². The van der Waals surface area contributed by atoms with Crippen LogP contribution in [-0.2, 0) is 16.8 Å². The molecule has 0 bridgehead atoms. The third-order valence-electron chi connectivity index (χ3n) is 2.74. The fourth-order valence-corrected chi connectivity index (χ4v) is 3.19. The summed E-state index contributed by atoms with van der Waals surface area (Å²) in [5, 5.41) is 9.14. The van der Waals surface area contributed by atoms with Crippen LogP contribution in [0.15, 0.2) is 6.07 Å². The number of carboxylic acids is 1. The van der Waals surface area contributed by atoms with Crippen LogP contribution in [0.5, 0.6) is 0 Å². The summed E-state index contributed by atoms with van der Waals surface area (Å²) >= 11 is 1.52. The summed E-state index contributed by atoms with van der Waals surface area (Å²) in [6.07, 6.45) is 2.38. The number of hydrogen-bond acceptors (Lipinski definition) is 3. The van der Waals surface area contributed by atoms with Crippen molar-refractivity contribution in [3.63, 3.8) is 0 Å². The Balaban J connectivity index is 2.54. The molecule has 0 saturated heterocycles. The van der Waals surface area contributed by atoms with E-state index in [0.29, 0.717) is 6.42 Å². The molecule has 1 aromatic rings. The van der Waals surface area contributed by atoms with Gasteiger partial charge in [0.05, 0.1) is 0 Å². The minimum atomic E-state index is -1.13. The number of nitrogens with two attached hydrogens (primary N) is 1. The highest BCUT2D eigenvalue weighted by atomic mass is 32.1. The van der Waals surface area contributed by atoms with E-state index in [2.05, 4.69) is 6.07 Å². The van der Waals surface area contributed by atoms with Crippen LogP contribution in [0.3, 0.4) is 0 Å². The second kappa shape index (κ2) is 3.07. The van der Waals surface area contributed by atoms with Gasteiger partial charge in [0.15, 0.2) is 0 Å². The molecule has 2 rings (SSSR count). The summed E-state index contributed by atoms with van der Waals surface area (Å²) in [6.45, 7) is 1.99. The average molecular weight is 211 g/mol. The van der Waals surface area contributed by atoms with Crippen LogP contribution in [0.4, 0.5) is 0 Å². The van der Waals surface area contributed by atoms with Crippen LogP contribution >= 0.6 is 11.3 Å². The van der Waals surface area contributed by atoms with Crippen molar-refractivity contribution in [2.75, 3.05) is 0 Å². The first kappa shape index (κ1) is 9.68. The topological polar surface area (TPSA) is 63.3 Å². The van der Waals surface area contributed by atoms with Crippen molar-refractivity contribution < 1.29 is 9.90 Å². The number of rotatable bonds is 1. The molecule has 76 valence electrons. The van der Waals surface area contributed by atoms with Crippen molar-refractivity contribution in [2.45, 2.75) is 31.7 Å². The first-order valence-electron chi connectivity index (χ1n) is 4.66. The van der Waals surface area contributed by atoms with Crippen molar-refractivity contribution in [1.82, 2.24) is 0 Å². The Morgan fingerprint density at radius 2 is 2.43 bits per heavy atom. The Hall–Kier alpha value is -0.870. The highest BCUT2D eigenvalue weighted by Crippen LogP contribution is 2.38. The van der Waals surface area contributed by atoms with Gasteiger partial charge in [-0.25, -0.2) is 4.79 Å². The Kier molecular flexibility index (Phi) is 2.12. The van der Waals surface area contributed by atoms with Crippen LogP contribution in [0, 0.1) is 6.92 Å². The zero-order valence-electron chi connectivity index (χ0n) is 8.04. The number of carbonyl (C=O) groups is 1. The molecule has 0 amide bonds. The van der Waals surface area contributed by atoms with Gasteiger partial charge < -0.3 is 10.8 Å². The minimum absolute atomic E-state index is 0.551. The molecule has 1 aliphatic rings. The number of aliphatic carboxylic acids is 1. The first-order valence-corrected chi connectivity index (χ1v) is 5.48. The number of carboxylic acid groups (broad SMARTS) is 1. The number of aryl methyl sites for hydroxylation is 2. The molecule has 1 aromatic heterocycles. The van der Waals surface area contributed by atoms with Gasteiger partial charge >= 0.3 is 5.97 Å². The first-order chi connectivity index (χ1) is 6.54. The van der Waals surface area contributed by atoms with E-state index < -0.39 is 11.5 Å². The monoisotopic (exact) mass is 211 g/mol. The molecule has 1 unspecified atom stereocenters. The molecule has 4 heteroatoms. The van der Waals surface area contributed by atoms with Gasteiger partial charge in [-0.3, -0.25) is 0 Å². The van der Waals surface area contributed by atoms with Crippen LogP contribution in [0.1, 0.15) is 28.2 Å². The molecule has 3 nitrogen and oxygen atoms in total. The van der Waals surface area contributed by atoms with E-state index in [0.717, 1.165) is 28.2 Å². The molecular weight excluding hydrogens is 198 g/mol. The molecule has 14 heavy (non-hydrogen) atoms. The average Bonchev–Trinajstić information content (AvgIpc) is 2.47. The maximum atomic E-state index is 11.1. The summed E-state index contributed by atoms with van der Waals surface area (Å²) in [6, 6.07) is 2.06. The Labute approximate surface area is 86.6 Å². The fraction of sp³-hybridized carbons (Fsp3) is 0.500. The highest BCUT2D eigenvalue weighted by molar-refractivity contribution is 7.12. The van der Waals surface area contributed by atoms with Crippen molar-refractivity contribution in [2.24, 2.45) is 5.73 Å². The van der Waals surface area contributed by atoms with Gasteiger partial charge in [0.25, 0.3) is 0 Å². The molecule has 1 atom stereocenters. The standard InChI is InChI=1S/C10H13NO2S/c1-6-5-7-3-2-4-10(11,9(12)13)8(7)14-6/h5H,2-4,11H2,1H3,(H,12,13). The van der Waals surface area contributed by atoms with E-state index >= 15 is 0 Å². The molecule has 0 spiro atoms. The normalized spacial score (nSPS) is 25.9. The zero-order chi connectivity index (χ0) is 10.3. The maximum absolute atomic E-state index is 11.1. The van der Waals surface area contributed by atoms with Gasteiger partial charge in [-0.15, -0.1) is 11.3 Å². The van der Waals surface area contributed by atoms with E-state index in [1.165, 1.54) is 11.3 Å². The van der Waals surface area contributed by atoms with Crippen LogP contribution < -0.4 is 5.73 Å². The Morgan fingerprint density at radius 1 is 1.71 bits per heavy atom. The Bertz CT molecular complexity index is 385. The number of hydrogen-bond donors (Lipinski definition) is 2. The van der Waals surface area contributed by atoms with Crippen molar-refractivity contribution >= 4 is 17.3 Å². The molecule has 1 aliphatic carbocycles. The molecule has 1 heterocycles. The predicted octanol–water partition coefficient (Wildman–Crippen LogP) is 1.63. The third-order valence-corrected chi connectivity index (χ3v) is 4.01. The lowest BCUT2D eigenvalue weighted by Gasteiger charge is -2.28. The fourth-order valence-electron chi connectivity index (χ4n) is 2.01. The summed E-state index contributed by atoms with van der Waals surface area (Å²) in [5.41, 5.74) is 5.93. The highest BCUT2D eigenvalue weighted by Gasteiger charge is 2.41. The number of fused-ring (bicyclic) bond motifs is 1. The van der Waals surface area contributed by atoms with Crippen molar-refractivity contribution in [3.8, 4) is 0 Å². The summed E-state index contributed by atoms with van der Waals surface area (Å²) in [7, 11) is 0. The third kappa shape index (κ3) is 1.26. The molecular formula is C10H13NO2S. The summed E-state index contributed by atoms with van der Waals surface area (Å²) < 4.78 is 0. The molecule has 0 aromatic carbocycles. The van der Waals surface area contributed by atoms with Crippen LogP contribution in [0.25, 0.3) is 0 Å². The van der Waals surface area contributed by atoms with Gasteiger partial charge in [-0.05, 0) is 37.8 Å². The lowest BCUT2D eigenvalue weighted by atomic mass is 9.83. The predicted molar refractivity (Wildman–Crippen MR) is 55.5 cm³/mol.